The normalized spacial score (nSPS) is 26.7. The molecule has 5 nitrogen and oxygen atoms in total. The van der Waals surface area contributed by atoms with Crippen molar-refractivity contribution in [3.05, 3.63) is 30.1 Å². The molecule has 0 radical (unpaired) electrons. The molecule has 1 saturated carbocycles. The van der Waals surface area contributed by atoms with Crippen molar-refractivity contribution in [1.29, 1.82) is 0 Å². The first-order valence-corrected chi connectivity index (χ1v) is 10.7. The van der Waals surface area contributed by atoms with E-state index in [0.717, 1.165) is 44.7 Å². The zero-order chi connectivity index (χ0) is 18.7. The molecule has 3 aliphatic rings. The highest BCUT2D eigenvalue weighted by Gasteiger charge is 2.49. The number of carbonyl (C=O) groups is 2. The molecule has 1 unspecified atom stereocenters. The van der Waals surface area contributed by atoms with Gasteiger partial charge in [0.05, 0.1) is 5.41 Å². The number of rotatable bonds is 4. The Bertz CT molecular complexity index is 671. The van der Waals surface area contributed by atoms with E-state index < -0.39 is 0 Å². The molecular formula is C22H31N3O2. The number of amides is 2. The summed E-state index contributed by atoms with van der Waals surface area (Å²) in [6.07, 6.45) is 12.3. The van der Waals surface area contributed by atoms with Crippen LogP contribution in [0.15, 0.2) is 24.4 Å². The second-order valence-electron chi connectivity index (χ2n) is 8.66. The predicted octanol–water partition coefficient (Wildman–Crippen LogP) is 3.51. The van der Waals surface area contributed by atoms with Gasteiger partial charge in [-0.25, -0.2) is 0 Å². The molecule has 1 aliphatic carbocycles. The molecule has 146 valence electrons. The maximum absolute atomic E-state index is 13.3. The zero-order valence-electron chi connectivity index (χ0n) is 16.2. The molecule has 1 aromatic heterocycles. The molecule has 0 N–H and O–H groups in total. The molecule has 2 amide bonds. The van der Waals surface area contributed by atoms with Crippen molar-refractivity contribution in [2.45, 2.75) is 57.8 Å². The molecule has 27 heavy (non-hydrogen) atoms. The van der Waals surface area contributed by atoms with Gasteiger partial charge in [0.25, 0.3) is 5.91 Å². The van der Waals surface area contributed by atoms with E-state index in [0.29, 0.717) is 24.7 Å². The van der Waals surface area contributed by atoms with E-state index in [1.807, 2.05) is 17.0 Å². The lowest BCUT2D eigenvalue weighted by molar-refractivity contribution is -0.145. The Kier molecular flexibility index (Phi) is 5.46. The summed E-state index contributed by atoms with van der Waals surface area (Å²) in [6.45, 7) is 3.01. The molecule has 3 heterocycles. The Morgan fingerprint density at radius 3 is 2.74 bits per heavy atom. The minimum atomic E-state index is -0.352. The number of hydrogen-bond acceptors (Lipinski definition) is 3. The van der Waals surface area contributed by atoms with Gasteiger partial charge in [-0.15, -0.1) is 0 Å². The van der Waals surface area contributed by atoms with Gasteiger partial charge in [0.2, 0.25) is 5.91 Å². The highest BCUT2D eigenvalue weighted by Crippen LogP contribution is 2.40. The highest BCUT2D eigenvalue weighted by molar-refractivity contribution is 5.93. The molecule has 1 spiro atoms. The van der Waals surface area contributed by atoms with Crippen LogP contribution in [0.25, 0.3) is 0 Å². The molecule has 4 rings (SSSR count). The van der Waals surface area contributed by atoms with Crippen LogP contribution in [-0.4, -0.2) is 52.8 Å². The van der Waals surface area contributed by atoms with Crippen molar-refractivity contribution < 1.29 is 9.59 Å². The summed E-state index contributed by atoms with van der Waals surface area (Å²) in [5, 5.41) is 0. The first-order chi connectivity index (χ1) is 13.2. The standard InChI is InChI=1S/C22H31N3O2/c26-20(19-9-4-5-13-23-19)25-16-12-22(17-25)11-6-14-24(21(22)27)15-10-18-7-2-1-3-8-18/h4-5,9,13,18H,1-3,6-8,10-12,14-17H2. The Labute approximate surface area is 162 Å². The number of likely N-dealkylation sites (tertiary alicyclic amines) is 2. The van der Waals surface area contributed by atoms with E-state index in [9.17, 15) is 9.59 Å². The summed E-state index contributed by atoms with van der Waals surface area (Å²) in [6, 6.07) is 5.41. The summed E-state index contributed by atoms with van der Waals surface area (Å²) in [4.78, 5) is 34.2. The van der Waals surface area contributed by atoms with Crippen LogP contribution < -0.4 is 0 Å². The van der Waals surface area contributed by atoms with Gasteiger partial charge in [-0.2, -0.15) is 0 Å². The van der Waals surface area contributed by atoms with Gasteiger partial charge >= 0.3 is 0 Å². The van der Waals surface area contributed by atoms with E-state index in [1.165, 1.54) is 32.1 Å². The summed E-state index contributed by atoms with van der Waals surface area (Å²) >= 11 is 0. The Balaban J connectivity index is 1.37. The van der Waals surface area contributed by atoms with E-state index in [-0.39, 0.29) is 11.3 Å². The van der Waals surface area contributed by atoms with Crippen molar-refractivity contribution >= 4 is 11.8 Å². The quantitative estimate of drug-likeness (QED) is 0.816. The van der Waals surface area contributed by atoms with Crippen molar-refractivity contribution in [3.63, 3.8) is 0 Å². The van der Waals surface area contributed by atoms with Gasteiger partial charge in [-0.1, -0.05) is 38.2 Å². The van der Waals surface area contributed by atoms with Crippen LogP contribution in [-0.2, 0) is 4.79 Å². The third-order valence-corrected chi connectivity index (χ3v) is 6.88. The van der Waals surface area contributed by atoms with Crippen LogP contribution in [0.2, 0.25) is 0 Å². The number of piperidine rings is 1. The summed E-state index contributed by atoms with van der Waals surface area (Å²) < 4.78 is 0. The monoisotopic (exact) mass is 369 g/mol. The fourth-order valence-electron chi connectivity index (χ4n) is 5.26. The maximum atomic E-state index is 13.3. The molecule has 0 bridgehead atoms. The topological polar surface area (TPSA) is 53.5 Å². The van der Waals surface area contributed by atoms with Crippen molar-refractivity contribution in [1.82, 2.24) is 14.8 Å². The van der Waals surface area contributed by atoms with Crippen LogP contribution in [0.5, 0.6) is 0 Å². The number of nitrogens with zero attached hydrogens (tertiary/aromatic N) is 3. The van der Waals surface area contributed by atoms with Gasteiger partial charge in [0.15, 0.2) is 0 Å². The number of hydrogen-bond donors (Lipinski definition) is 0. The highest BCUT2D eigenvalue weighted by atomic mass is 16.2. The average Bonchev–Trinajstić information content (AvgIpc) is 3.15. The SMILES string of the molecule is O=C(c1ccccn1)N1CCC2(CCCN(CCC3CCCCC3)C2=O)C1. The minimum Gasteiger partial charge on any atom is -0.342 e. The fourth-order valence-corrected chi connectivity index (χ4v) is 5.26. The van der Waals surface area contributed by atoms with E-state index in [1.54, 1.807) is 12.3 Å². The second kappa shape index (κ2) is 7.99. The number of carbonyl (C=O) groups excluding carboxylic acids is 2. The zero-order valence-corrected chi connectivity index (χ0v) is 16.2. The first-order valence-electron chi connectivity index (χ1n) is 10.7. The number of aromatic nitrogens is 1. The molecule has 3 fully saturated rings. The van der Waals surface area contributed by atoms with Crippen LogP contribution in [0.1, 0.15) is 68.3 Å². The van der Waals surface area contributed by atoms with E-state index in [2.05, 4.69) is 9.88 Å². The number of pyridine rings is 1. The molecule has 2 aliphatic heterocycles. The first kappa shape index (κ1) is 18.5. The smallest absolute Gasteiger partial charge is 0.272 e. The summed E-state index contributed by atoms with van der Waals surface area (Å²) in [5.74, 6) is 1.05. The van der Waals surface area contributed by atoms with Crippen molar-refractivity contribution in [2.75, 3.05) is 26.2 Å². The lowest BCUT2D eigenvalue weighted by atomic mass is 9.78. The molecule has 0 aromatic carbocycles. The van der Waals surface area contributed by atoms with Crippen LogP contribution in [0, 0.1) is 11.3 Å². The average molecular weight is 370 g/mol. The van der Waals surface area contributed by atoms with Crippen LogP contribution >= 0.6 is 0 Å². The Morgan fingerprint density at radius 2 is 1.96 bits per heavy atom. The predicted molar refractivity (Wildman–Crippen MR) is 104 cm³/mol. The van der Waals surface area contributed by atoms with Gasteiger partial charge in [-0.05, 0) is 43.7 Å². The Morgan fingerprint density at radius 1 is 1.11 bits per heavy atom. The van der Waals surface area contributed by atoms with Gasteiger partial charge in [0, 0.05) is 32.4 Å². The largest absolute Gasteiger partial charge is 0.342 e. The second-order valence-corrected chi connectivity index (χ2v) is 8.66. The molecule has 5 heteroatoms. The van der Waals surface area contributed by atoms with Crippen molar-refractivity contribution in [2.24, 2.45) is 11.3 Å². The molecule has 1 aromatic rings. The molecule has 2 saturated heterocycles. The van der Waals surface area contributed by atoms with Crippen molar-refractivity contribution in [3.8, 4) is 0 Å². The fraction of sp³-hybridized carbons (Fsp3) is 0.682. The maximum Gasteiger partial charge on any atom is 0.272 e. The van der Waals surface area contributed by atoms with E-state index >= 15 is 0 Å². The Hall–Kier alpha value is -1.91. The molecular weight excluding hydrogens is 338 g/mol. The summed E-state index contributed by atoms with van der Waals surface area (Å²) in [7, 11) is 0. The van der Waals surface area contributed by atoms with E-state index in [4.69, 9.17) is 0 Å². The lowest BCUT2D eigenvalue weighted by Gasteiger charge is -2.40. The summed E-state index contributed by atoms with van der Waals surface area (Å²) in [5.41, 5.74) is 0.127. The van der Waals surface area contributed by atoms with Gasteiger partial charge in [-0.3, -0.25) is 14.6 Å². The third kappa shape index (κ3) is 3.87. The molecule has 1 atom stereocenters. The third-order valence-electron chi connectivity index (χ3n) is 6.88. The lowest BCUT2D eigenvalue weighted by Crippen LogP contribution is -2.50. The van der Waals surface area contributed by atoms with Crippen LogP contribution in [0.4, 0.5) is 0 Å². The van der Waals surface area contributed by atoms with Crippen LogP contribution in [0.3, 0.4) is 0 Å². The van der Waals surface area contributed by atoms with Gasteiger partial charge in [0.1, 0.15) is 5.69 Å². The minimum absolute atomic E-state index is 0.0420. The van der Waals surface area contributed by atoms with Gasteiger partial charge < -0.3 is 9.80 Å².